The number of aryl methyl sites for hydroxylation is 1. The Balaban J connectivity index is 1.31. The van der Waals surface area contributed by atoms with Crippen LogP contribution < -0.4 is 21.4 Å². The number of hydrazine groups is 1. The molecule has 0 bridgehead atoms. The molecule has 1 saturated heterocycles. The first-order valence-electron chi connectivity index (χ1n) is 10.8. The van der Waals surface area contributed by atoms with Crippen molar-refractivity contribution in [3.8, 4) is 5.75 Å². The van der Waals surface area contributed by atoms with Crippen LogP contribution in [0.25, 0.3) is 0 Å². The van der Waals surface area contributed by atoms with Gasteiger partial charge in [0.05, 0.1) is 17.9 Å². The third-order valence-corrected chi connectivity index (χ3v) is 5.63. The zero-order valence-electron chi connectivity index (χ0n) is 18.7. The van der Waals surface area contributed by atoms with Crippen LogP contribution in [0.3, 0.4) is 0 Å². The van der Waals surface area contributed by atoms with Crippen LogP contribution in [0.1, 0.15) is 40.6 Å². The molecule has 4 rings (SSSR count). The highest BCUT2D eigenvalue weighted by molar-refractivity contribution is 5.93. The Labute approximate surface area is 195 Å². The second kappa shape index (κ2) is 10.3. The lowest BCUT2D eigenvalue weighted by Gasteiger charge is -2.31. The molecule has 178 valence electrons. The molecule has 1 fully saturated rings. The zero-order chi connectivity index (χ0) is 24.1. The van der Waals surface area contributed by atoms with E-state index in [0.29, 0.717) is 30.2 Å². The van der Waals surface area contributed by atoms with Crippen molar-refractivity contribution in [3.05, 3.63) is 65.5 Å². The zero-order valence-corrected chi connectivity index (χ0v) is 18.7. The number of likely N-dealkylation sites (tertiary alicyclic amines) is 1. The van der Waals surface area contributed by atoms with E-state index in [-0.39, 0.29) is 24.3 Å². The van der Waals surface area contributed by atoms with Gasteiger partial charge in [-0.2, -0.15) is 20.1 Å². The van der Waals surface area contributed by atoms with Crippen LogP contribution in [0.4, 0.5) is 10.1 Å². The number of hydrazone groups is 1. The molecule has 2 aromatic heterocycles. The van der Waals surface area contributed by atoms with E-state index in [4.69, 9.17) is 16.4 Å². The maximum Gasteiger partial charge on any atom is 0.272 e. The van der Waals surface area contributed by atoms with Gasteiger partial charge in [-0.15, -0.1) is 0 Å². The Morgan fingerprint density at radius 3 is 2.85 bits per heavy atom. The molecule has 34 heavy (non-hydrogen) atoms. The minimum Gasteiger partial charge on any atom is -0.484 e. The highest BCUT2D eigenvalue weighted by Gasteiger charge is 2.27. The van der Waals surface area contributed by atoms with E-state index in [0.717, 1.165) is 29.8 Å². The number of pyridine rings is 1. The summed E-state index contributed by atoms with van der Waals surface area (Å²) in [6.07, 6.45) is 5.84. The summed E-state index contributed by atoms with van der Waals surface area (Å²) in [5.74, 6) is 10.2. The lowest BCUT2D eigenvalue weighted by Crippen LogP contribution is -2.40. The normalized spacial score (nSPS) is 14.5. The van der Waals surface area contributed by atoms with Crippen molar-refractivity contribution >= 4 is 17.9 Å². The van der Waals surface area contributed by atoms with E-state index >= 15 is 0 Å². The van der Waals surface area contributed by atoms with Gasteiger partial charge in [-0.05, 0) is 43.5 Å². The first-order chi connectivity index (χ1) is 16.5. The van der Waals surface area contributed by atoms with Crippen LogP contribution in [0.5, 0.6) is 5.75 Å². The molecule has 0 saturated carbocycles. The number of piperidine rings is 1. The average molecular weight is 468 g/mol. The van der Waals surface area contributed by atoms with E-state index < -0.39 is 5.82 Å². The average Bonchev–Trinajstić information content (AvgIpc) is 3.32. The summed E-state index contributed by atoms with van der Waals surface area (Å²) in [7, 11) is 0. The summed E-state index contributed by atoms with van der Waals surface area (Å²) in [5.41, 5.74) is 2.29. The third kappa shape index (κ3) is 5.12. The van der Waals surface area contributed by atoms with Gasteiger partial charge in [-0.3, -0.25) is 14.8 Å². The van der Waals surface area contributed by atoms with E-state index in [1.807, 2.05) is 24.0 Å². The second-order valence-corrected chi connectivity index (χ2v) is 7.92. The lowest BCUT2D eigenvalue weighted by atomic mass is 10.0. The number of carbonyl (C=O) groups is 1. The van der Waals surface area contributed by atoms with Crippen molar-refractivity contribution in [1.29, 1.82) is 0 Å². The minimum absolute atomic E-state index is 0.0554. The summed E-state index contributed by atoms with van der Waals surface area (Å²) in [6.45, 7) is 3.13. The molecule has 3 heterocycles. The molecule has 4 N–H and O–H groups in total. The molecule has 1 aliphatic heterocycles. The monoisotopic (exact) mass is 467 g/mol. The number of nitrogens with two attached hydrogens (primary N) is 2. The maximum atomic E-state index is 14.3. The summed E-state index contributed by atoms with van der Waals surface area (Å²) in [4.78, 5) is 20.4. The minimum atomic E-state index is -0.578. The SMILES string of the molecule is Cc1cccnc1C(=O)N1CCC(n2ncc(COc3ccc(N(N)/C=N\N)cc3F)n2)CC1. The number of benzene rings is 1. The Kier molecular flexibility index (Phi) is 6.97. The van der Waals surface area contributed by atoms with E-state index in [1.165, 1.54) is 12.1 Å². The lowest BCUT2D eigenvalue weighted by molar-refractivity contribution is 0.0676. The van der Waals surface area contributed by atoms with Gasteiger partial charge in [0.1, 0.15) is 24.3 Å². The largest absolute Gasteiger partial charge is 0.484 e. The van der Waals surface area contributed by atoms with E-state index in [1.54, 1.807) is 23.3 Å². The van der Waals surface area contributed by atoms with Crippen LogP contribution in [0, 0.1) is 12.7 Å². The molecular formula is C22H26FN9O2. The van der Waals surface area contributed by atoms with Gasteiger partial charge >= 0.3 is 0 Å². The summed E-state index contributed by atoms with van der Waals surface area (Å²) < 4.78 is 19.9. The van der Waals surface area contributed by atoms with E-state index in [2.05, 4.69) is 20.3 Å². The van der Waals surface area contributed by atoms with Gasteiger partial charge in [-0.25, -0.2) is 10.2 Å². The number of aromatic nitrogens is 4. The van der Waals surface area contributed by atoms with Crippen molar-refractivity contribution in [2.24, 2.45) is 16.8 Å². The molecule has 1 amide bonds. The van der Waals surface area contributed by atoms with Gasteiger partial charge in [0.2, 0.25) is 0 Å². The number of nitrogens with zero attached hydrogens (tertiary/aromatic N) is 7. The number of halogens is 1. The fourth-order valence-electron chi connectivity index (χ4n) is 3.77. The number of hydrogen-bond acceptors (Lipinski definition) is 8. The van der Waals surface area contributed by atoms with Gasteiger partial charge in [-0.1, -0.05) is 6.07 Å². The third-order valence-electron chi connectivity index (χ3n) is 5.63. The molecular weight excluding hydrogens is 441 g/mol. The fraction of sp³-hybridized carbons (Fsp3) is 0.318. The molecule has 3 aromatic rings. The Hall–Kier alpha value is -4.06. The molecule has 12 heteroatoms. The predicted octanol–water partition coefficient (Wildman–Crippen LogP) is 1.76. The van der Waals surface area contributed by atoms with Gasteiger partial charge in [0, 0.05) is 25.4 Å². The number of ether oxygens (including phenoxy) is 1. The summed E-state index contributed by atoms with van der Waals surface area (Å²) in [6, 6.07) is 8.04. The molecule has 11 nitrogen and oxygen atoms in total. The van der Waals surface area contributed by atoms with Crippen LogP contribution in [-0.2, 0) is 6.61 Å². The number of rotatable bonds is 7. The molecule has 1 aliphatic rings. The first kappa shape index (κ1) is 23.1. The smallest absolute Gasteiger partial charge is 0.272 e. The quantitative estimate of drug-likeness (QED) is 0.232. The van der Waals surface area contributed by atoms with Crippen LogP contribution in [0.15, 0.2) is 47.8 Å². The number of hydrogen-bond donors (Lipinski definition) is 2. The molecule has 0 unspecified atom stereocenters. The number of carbonyl (C=O) groups excluding carboxylic acids is 1. The van der Waals surface area contributed by atoms with Crippen molar-refractivity contribution in [3.63, 3.8) is 0 Å². The van der Waals surface area contributed by atoms with Gasteiger partial charge in [0.25, 0.3) is 5.91 Å². The van der Waals surface area contributed by atoms with Crippen molar-refractivity contribution in [2.45, 2.75) is 32.4 Å². The van der Waals surface area contributed by atoms with Gasteiger partial charge < -0.3 is 15.5 Å². The van der Waals surface area contributed by atoms with Crippen molar-refractivity contribution in [1.82, 2.24) is 24.9 Å². The van der Waals surface area contributed by atoms with Gasteiger partial charge in [0.15, 0.2) is 11.6 Å². The predicted molar refractivity (Wildman–Crippen MR) is 123 cm³/mol. The fourth-order valence-corrected chi connectivity index (χ4v) is 3.77. The maximum absolute atomic E-state index is 14.3. The molecule has 0 spiro atoms. The first-order valence-corrected chi connectivity index (χ1v) is 10.8. The topological polar surface area (TPSA) is 141 Å². The second-order valence-electron chi connectivity index (χ2n) is 7.92. The van der Waals surface area contributed by atoms with Crippen LogP contribution in [0.2, 0.25) is 0 Å². The number of amides is 1. The molecule has 0 atom stereocenters. The highest BCUT2D eigenvalue weighted by Crippen LogP contribution is 2.24. The van der Waals surface area contributed by atoms with Crippen molar-refractivity contribution < 1.29 is 13.9 Å². The molecule has 0 radical (unpaired) electrons. The molecule has 0 aliphatic carbocycles. The highest BCUT2D eigenvalue weighted by atomic mass is 19.1. The van der Waals surface area contributed by atoms with Crippen LogP contribution >= 0.6 is 0 Å². The summed E-state index contributed by atoms with van der Waals surface area (Å²) in [5, 5.41) is 13.2. The molecule has 1 aromatic carbocycles. The Bertz CT molecular complexity index is 1170. The Morgan fingerprint density at radius 2 is 2.15 bits per heavy atom. The summed E-state index contributed by atoms with van der Waals surface area (Å²) >= 11 is 0. The van der Waals surface area contributed by atoms with Crippen molar-refractivity contribution in [2.75, 3.05) is 18.1 Å². The number of anilines is 1. The van der Waals surface area contributed by atoms with Crippen LogP contribution in [-0.4, -0.2) is 50.2 Å². The standard InChI is InChI=1S/C22H26FN9O2/c1-15-3-2-8-26-21(15)22(33)30-9-6-17(7-10-30)32-28-12-16(29-32)13-34-20-5-4-18(11-19(20)23)31(25)14-27-24/h2-5,8,11-12,14,17H,6-7,9-10,13,24-25H2,1H3/b27-14-. The van der Waals surface area contributed by atoms with E-state index in [9.17, 15) is 9.18 Å². The Morgan fingerprint density at radius 1 is 1.35 bits per heavy atom.